The van der Waals surface area contributed by atoms with Crippen LogP contribution in [-0.2, 0) is 9.47 Å². The third-order valence-corrected chi connectivity index (χ3v) is 12.9. The molecule has 234 valence electrons. The standard InChI is InChI=1S/C35H58O6/c1-7-22(20(2)3)9-8-21(4)26-12-13-27-25-11-10-23-18-24(14-16-34(23,5)28(25)15-17-35(26,27)6)40-33-32(39)31(38)30(37)29(19-36)41-33/h8-9,11,20-24,26-33,36-39H,7,10,12-19H2,1-6H3/t21-,22-,23?,24?,26-,27+,28+,29-,30-,31+,32-,33-,34+,35-/m1/s1. The van der Waals surface area contributed by atoms with Crippen LogP contribution in [0, 0.1) is 52.3 Å². The maximum atomic E-state index is 10.5. The van der Waals surface area contributed by atoms with Crippen LogP contribution in [-0.4, -0.2) is 63.8 Å². The van der Waals surface area contributed by atoms with Crippen molar-refractivity contribution in [1.29, 1.82) is 0 Å². The van der Waals surface area contributed by atoms with Crippen molar-refractivity contribution in [2.24, 2.45) is 52.3 Å². The van der Waals surface area contributed by atoms with E-state index in [4.69, 9.17) is 9.47 Å². The molecule has 0 bridgehead atoms. The first kappa shape index (κ1) is 31.7. The Bertz CT molecular complexity index is 960. The largest absolute Gasteiger partial charge is 0.394 e. The highest BCUT2D eigenvalue weighted by molar-refractivity contribution is 5.28. The number of aliphatic hydroxyl groups excluding tert-OH is 4. The molecule has 14 atom stereocenters. The lowest BCUT2D eigenvalue weighted by molar-refractivity contribution is -0.315. The van der Waals surface area contributed by atoms with Crippen LogP contribution in [0.5, 0.6) is 0 Å². The van der Waals surface area contributed by atoms with E-state index in [1.807, 2.05) is 0 Å². The second kappa shape index (κ2) is 12.3. The SMILES string of the molecule is CC[C@H](C=C[C@@H](C)[C@H]1CC[C@H]2C3=CCC4CC(O[C@@H]5O[C@H](CO)[C@@H](O)[C@H](O)[C@H]5O)CC[C@]4(C)[C@H]3CC[C@]12C)C(C)C. The van der Waals surface area contributed by atoms with E-state index < -0.39 is 37.3 Å². The zero-order valence-electron chi connectivity index (χ0n) is 26.4. The monoisotopic (exact) mass is 574 g/mol. The van der Waals surface area contributed by atoms with Crippen molar-refractivity contribution in [2.45, 2.75) is 136 Å². The lowest BCUT2D eigenvalue weighted by atomic mass is 9.47. The molecular formula is C35H58O6. The van der Waals surface area contributed by atoms with Gasteiger partial charge in [-0.05, 0) is 110 Å². The van der Waals surface area contributed by atoms with Crippen molar-refractivity contribution in [2.75, 3.05) is 6.61 Å². The third-order valence-electron chi connectivity index (χ3n) is 12.9. The van der Waals surface area contributed by atoms with Crippen LogP contribution in [0.2, 0.25) is 0 Å². The molecule has 0 amide bonds. The maximum absolute atomic E-state index is 10.5. The van der Waals surface area contributed by atoms with Gasteiger partial charge in [-0.3, -0.25) is 0 Å². The van der Waals surface area contributed by atoms with Gasteiger partial charge < -0.3 is 29.9 Å². The van der Waals surface area contributed by atoms with Gasteiger partial charge in [0, 0.05) is 0 Å². The van der Waals surface area contributed by atoms with E-state index in [0.717, 1.165) is 31.6 Å². The molecule has 1 saturated heterocycles. The van der Waals surface area contributed by atoms with E-state index in [0.29, 0.717) is 40.9 Å². The minimum atomic E-state index is -1.40. The molecule has 0 aromatic rings. The van der Waals surface area contributed by atoms with Crippen LogP contribution in [0.1, 0.15) is 99.3 Å². The van der Waals surface area contributed by atoms with Gasteiger partial charge in [-0.15, -0.1) is 0 Å². The average Bonchev–Trinajstić information content (AvgIpc) is 3.30. The van der Waals surface area contributed by atoms with Gasteiger partial charge in [0.05, 0.1) is 12.7 Å². The fourth-order valence-electron chi connectivity index (χ4n) is 10.2. The van der Waals surface area contributed by atoms with Gasteiger partial charge in [0.25, 0.3) is 0 Å². The molecule has 5 rings (SSSR count). The molecule has 0 aromatic carbocycles. The fourth-order valence-corrected chi connectivity index (χ4v) is 10.2. The van der Waals surface area contributed by atoms with Crippen molar-refractivity contribution < 1.29 is 29.9 Å². The molecule has 4 aliphatic carbocycles. The molecule has 4 N–H and O–H groups in total. The van der Waals surface area contributed by atoms with Crippen molar-refractivity contribution in [3.63, 3.8) is 0 Å². The number of allylic oxidation sites excluding steroid dienone is 4. The number of hydrogen-bond acceptors (Lipinski definition) is 6. The van der Waals surface area contributed by atoms with E-state index in [9.17, 15) is 20.4 Å². The van der Waals surface area contributed by atoms with Crippen molar-refractivity contribution in [3.05, 3.63) is 23.8 Å². The van der Waals surface area contributed by atoms with E-state index >= 15 is 0 Å². The van der Waals surface area contributed by atoms with Gasteiger partial charge >= 0.3 is 0 Å². The quantitative estimate of drug-likeness (QED) is 0.281. The fraction of sp³-hybridized carbons (Fsp3) is 0.886. The Labute approximate surface area is 248 Å². The van der Waals surface area contributed by atoms with Gasteiger partial charge in [0.15, 0.2) is 6.29 Å². The summed E-state index contributed by atoms with van der Waals surface area (Å²) in [5, 5.41) is 40.4. The zero-order chi connectivity index (χ0) is 29.7. The minimum absolute atomic E-state index is 0.0698. The van der Waals surface area contributed by atoms with Crippen LogP contribution in [0.4, 0.5) is 0 Å². The molecule has 3 saturated carbocycles. The van der Waals surface area contributed by atoms with Gasteiger partial charge in [-0.1, -0.05) is 65.3 Å². The Morgan fingerprint density at radius 3 is 2.34 bits per heavy atom. The van der Waals surface area contributed by atoms with Gasteiger partial charge in [0.1, 0.15) is 24.4 Å². The van der Waals surface area contributed by atoms with E-state index in [2.05, 4.69) is 59.8 Å². The maximum Gasteiger partial charge on any atom is 0.186 e. The molecule has 6 heteroatoms. The third kappa shape index (κ3) is 5.64. The highest BCUT2D eigenvalue weighted by Crippen LogP contribution is 2.67. The Balaban J connectivity index is 1.26. The molecule has 6 nitrogen and oxygen atoms in total. The summed E-state index contributed by atoms with van der Waals surface area (Å²) >= 11 is 0. The first-order chi connectivity index (χ1) is 19.4. The highest BCUT2D eigenvalue weighted by Gasteiger charge is 2.58. The first-order valence-electron chi connectivity index (χ1n) is 16.8. The van der Waals surface area contributed by atoms with Crippen LogP contribution >= 0.6 is 0 Å². The first-order valence-corrected chi connectivity index (χ1v) is 16.8. The van der Waals surface area contributed by atoms with Crippen LogP contribution in [0.15, 0.2) is 23.8 Å². The second-order valence-corrected chi connectivity index (χ2v) is 15.3. The van der Waals surface area contributed by atoms with Crippen LogP contribution in [0.3, 0.4) is 0 Å². The lowest BCUT2D eigenvalue weighted by Gasteiger charge is -2.58. The van der Waals surface area contributed by atoms with Crippen molar-refractivity contribution >= 4 is 0 Å². The highest BCUT2D eigenvalue weighted by atomic mass is 16.7. The second-order valence-electron chi connectivity index (χ2n) is 15.3. The summed E-state index contributed by atoms with van der Waals surface area (Å²) in [4.78, 5) is 0. The summed E-state index contributed by atoms with van der Waals surface area (Å²) in [5.41, 5.74) is 2.41. The summed E-state index contributed by atoms with van der Waals surface area (Å²) < 4.78 is 11.9. The molecule has 0 aromatic heterocycles. The van der Waals surface area contributed by atoms with E-state index in [1.165, 1.54) is 32.1 Å². The van der Waals surface area contributed by atoms with Crippen molar-refractivity contribution in [3.8, 4) is 0 Å². The summed E-state index contributed by atoms with van der Waals surface area (Å²) in [6.45, 7) is 14.2. The molecule has 41 heavy (non-hydrogen) atoms. The number of aliphatic hydroxyl groups is 4. The summed E-state index contributed by atoms with van der Waals surface area (Å²) in [6.07, 6.45) is 12.0. The number of rotatable bonds is 8. The molecule has 2 unspecified atom stereocenters. The molecule has 4 fully saturated rings. The minimum Gasteiger partial charge on any atom is -0.394 e. The summed E-state index contributed by atoms with van der Waals surface area (Å²) in [7, 11) is 0. The number of hydrogen-bond donors (Lipinski definition) is 4. The zero-order valence-corrected chi connectivity index (χ0v) is 26.4. The average molecular weight is 575 g/mol. The lowest BCUT2D eigenvalue weighted by Crippen LogP contribution is -2.60. The normalized spacial score (nSPS) is 47.9. The molecule has 0 radical (unpaired) electrons. The topological polar surface area (TPSA) is 99.4 Å². The smallest absolute Gasteiger partial charge is 0.186 e. The Morgan fingerprint density at radius 2 is 1.66 bits per heavy atom. The van der Waals surface area contributed by atoms with Gasteiger partial charge in [-0.2, -0.15) is 0 Å². The molecule has 5 aliphatic rings. The molecule has 0 spiro atoms. The Hall–Kier alpha value is -0.760. The predicted octanol–water partition coefficient (Wildman–Crippen LogP) is 5.63. The number of fused-ring (bicyclic) bond motifs is 5. The number of ether oxygens (including phenoxy) is 2. The summed E-state index contributed by atoms with van der Waals surface area (Å²) in [5.74, 6) is 4.61. The predicted molar refractivity (Wildman–Crippen MR) is 161 cm³/mol. The van der Waals surface area contributed by atoms with E-state index in [1.54, 1.807) is 5.57 Å². The molecule has 1 aliphatic heterocycles. The van der Waals surface area contributed by atoms with Crippen LogP contribution < -0.4 is 0 Å². The summed E-state index contributed by atoms with van der Waals surface area (Å²) in [6, 6.07) is 0. The Kier molecular flexibility index (Phi) is 9.51. The van der Waals surface area contributed by atoms with Gasteiger partial charge in [0.2, 0.25) is 0 Å². The van der Waals surface area contributed by atoms with E-state index in [-0.39, 0.29) is 11.5 Å². The van der Waals surface area contributed by atoms with Crippen molar-refractivity contribution in [1.82, 2.24) is 0 Å². The van der Waals surface area contributed by atoms with Crippen LogP contribution in [0.25, 0.3) is 0 Å². The Morgan fingerprint density at radius 1 is 0.951 bits per heavy atom. The molecular weight excluding hydrogens is 516 g/mol. The molecule has 1 heterocycles. The van der Waals surface area contributed by atoms with Gasteiger partial charge in [-0.25, -0.2) is 0 Å².